The second kappa shape index (κ2) is 7.51. The van der Waals surface area contributed by atoms with Crippen LogP contribution in [-0.4, -0.2) is 56.6 Å². The number of ether oxygens (including phenoxy) is 2. The predicted octanol–water partition coefficient (Wildman–Crippen LogP) is 1.94. The Morgan fingerprint density at radius 1 is 1.48 bits per heavy atom. The van der Waals surface area contributed by atoms with E-state index >= 15 is 0 Å². The molecule has 1 fully saturated rings. The van der Waals surface area contributed by atoms with Crippen molar-refractivity contribution in [2.75, 3.05) is 46.6 Å². The van der Waals surface area contributed by atoms with Crippen LogP contribution in [0.3, 0.4) is 0 Å². The van der Waals surface area contributed by atoms with Gasteiger partial charge in [0.1, 0.15) is 5.82 Å². The van der Waals surface area contributed by atoms with Gasteiger partial charge in [0.25, 0.3) is 0 Å². The van der Waals surface area contributed by atoms with E-state index in [1.54, 1.807) is 13.2 Å². The lowest BCUT2D eigenvalue weighted by Gasteiger charge is -2.43. The molecular formula is C15H21ClFNO3. The Labute approximate surface area is 129 Å². The molecule has 0 spiro atoms. The SMILES string of the molecule is COCCN(Cc1ccc(F)cc1Cl)CC1(CO)COC1. The lowest BCUT2D eigenvalue weighted by Crippen LogP contribution is -2.53. The van der Waals surface area contributed by atoms with Gasteiger partial charge in [0, 0.05) is 31.8 Å². The number of halogens is 2. The molecule has 0 unspecified atom stereocenters. The molecule has 0 atom stereocenters. The summed E-state index contributed by atoms with van der Waals surface area (Å²) in [5.74, 6) is -0.341. The van der Waals surface area contributed by atoms with E-state index in [9.17, 15) is 9.50 Å². The summed E-state index contributed by atoms with van der Waals surface area (Å²) in [6.07, 6.45) is 0. The van der Waals surface area contributed by atoms with Gasteiger partial charge in [-0.1, -0.05) is 17.7 Å². The molecule has 1 aromatic rings. The maximum absolute atomic E-state index is 13.1. The summed E-state index contributed by atoms with van der Waals surface area (Å²) in [5.41, 5.74) is 0.655. The third-order valence-electron chi connectivity index (χ3n) is 3.73. The molecule has 2 rings (SSSR count). The molecule has 6 heteroatoms. The Hall–Kier alpha value is -0.720. The van der Waals surface area contributed by atoms with Crippen molar-refractivity contribution in [2.45, 2.75) is 6.54 Å². The van der Waals surface area contributed by atoms with Crippen molar-refractivity contribution in [1.82, 2.24) is 4.90 Å². The highest BCUT2D eigenvalue weighted by Crippen LogP contribution is 2.29. The summed E-state index contributed by atoms with van der Waals surface area (Å²) < 4.78 is 23.5. The Morgan fingerprint density at radius 3 is 2.76 bits per heavy atom. The molecule has 0 bridgehead atoms. The molecule has 1 aliphatic heterocycles. The smallest absolute Gasteiger partial charge is 0.124 e. The largest absolute Gasteiger partial charge is 0.396 e. The molecule has 4 nitrogen and oxygen atoms in total. The molecule has 0 radical (unpaired) electrons. The van der Waals surface area contributed by atoms with E-state index in [1.165, 1.54) is 12.1 Å². The summed E-state index contributed by atoms with van der Waals surface area (Å²) in [6, 6.07) is 4.42. The van der Waals surface area contributed by atoms with Gasteiger partial charge in [-0.05, 0) is 17.7 Å². The topological polar surface area (TPSA) is 41.9 Å². The molecule has 1 aliphatic rings. The fraction of sp³-hybridized carbons (Fsp3) is 0.600. The van der Waals surface area contributed by atoms with Crippen LogP contribution in [-0.2, 0) is 16.0 Å². The molecule has 1 saturated heterocycles. The molecular weight excluding hydrogens is 297 g/mol. The summed E-state index contributed by atoms with van der Waals surface area (Å²) >= 11 is 6.09. The van der Waals surface area contributed by atoms with E-state index < -0.39 is 0 Å². The molecule has 1 aromatic carbocycles. The number of rotatable bonds is 8. The van der Waals surface area contributed by atoms with Gasteiger partial charge in [-0.2, -0.15) is 0 Å². The van der Waals surface area contributed by atoms with E-state index in [0.29, 0.717) is 44.5 Å². The van der Waals surface area contributed by atoms with Crippen LogP contribution in [0, 0.1) is 11.2 Å². The zero-order chi connectivity index (χ0) is 15.3. The summed E-state index contributed by atoms with van der Waals surface area (Å²) in [6.45, 7) is 3.79. The number of aliphatic hydroxyl groups is 1. The third-order valence-corrected chi connectivity index (χ3v) is 4.08. The first kappa shape index (κ1) is 16.6. The predicted molar refractivity (Wildman–Crippen MR) is 78.9 cm³/mol. The molecule has 21 heavy (non-hydrogen) atoms. The first-order valence-corrected chi connectivity index (χ1v) is 7.30. The second-order valence-electron chi connectivity index (χ2n) is 5.59. The Balaban J connectivity index is 2.04. The maximum atomic E-state index is 13.1. The minimum atomic E-state index is -0.341. The van der Waals surface area contributed by atoms with E-state index in [2.05, 4.69) is 4.90 Å². The molecule has 0 aromatic heterocycles. The summed E-state index contributed by atoms with van der Waals surface area (Å²) in [4.78, 5) is 2.15. The number of hydrogen-bond acceptors (Lipinski definition) is 4. The average Bonchev–Trinajstić information content (AvgIpc) is 2.42. The number of aliphatic hydroxyl groups excluding tert-OH is 1. The number of nitrogens with zero attached hydrogens (tertiary/aromatic N) is 1. The standard InChI is InChI=1S/C15H21ClFNO3/c1-20-5-4-18(8-15(9-19)10-21-11-15)7-12-2-3-13(17)6-14(12)16/h2-3,6,19H,4-5,7-11H2,1H3. The van der Waals surface area contributed by atoms with Crippen LogP contribution in [0.25, 0.3) is 0 Å². The van der Waals surface area contributed by atoms with Gasteiger partial charge < -0.3 is 14.6 Å². The molecule has 1 heterocycles. The van der Waals surface area contributed by atoms with Gasteiger partial charge in [-0.15, -0.1) is 0 Å². The maximum Gasteiger partial charge on any atom is 0.124 e. The zero-order valence-electron chi connectivity index (χ0n) is 12.1. The number of hydrogen-bond donors (Lipinski definition) is 1. The quantitative estimate of drug-likeness (QED) is 0.795. The summed E-state index contributed by atoms with van der Waals surface area (Å²) in [7, 11) is 1.65. The van der Waals surface area contributed by atoms with Gasteiger partial charge in [0.2, 0.25) is 0 Å². The van der Waals surface area contributed by atoms with Gasteiger partial charge in [0.15, 0.2) is 0 Å². The minimum Gasteiger partial charge on any atom is -0.396 e. The first-order chi connectivity index (χ1) is 10.1. The highest BCUT2D eigenvalue weighted by Gasteiger charge is 2.39. The van der Waals surface area contributed by atoms with Crippen LogP contribution in [0.5, 0.6) is 0 Å². The van der Waals surface area contributed by atoms with Crippen molar-refractivity contribution in [3.8, 4) is 0 Å². The number of methoxy groups -OCH3 is 1. The van der Waals surface area contributed by atoms with Crippen LogP contribution in [0.1, 0.15) is 5.56 Å². The van der Waals surface area contributed by atoms with Crippen LogP contribution in [0.15, 0.2) is 18.2 Å². The van der Waals surface area contributed by atoms with E-state index in [4.69, 9.17) is 21.1 Å². The molecule has 1 N–H and O–H groups in total. The highest BCUT2D eigenvalue weighted by molar-refractivity contribution is 6.31. The van der Waals surface area contributed by atoms with Crippen molar-refractivity contribution in [1.29, 1.82) is 0 Å². The van der Waals surface area contributed by atoms with Crippen molar-refractivity contribution in [2.24, 2.45) is 5.41 Å². The monoisotopic (exact) mass is 317 g/mol. The lowest BCUT2D eigenvalue weighted by atomic mass is 9.86. The fourth-order valence-corrected chi connectivity index (χ4v) is 2.65. The van der Waals surface area contributed by atoms with Gasteiger partial charge in [0.05, 0.1) is 31.8 Å². The van der Waals surface area contributed by atoms with Gasteiger partial charge in [-0.25, -0.2) is 4.39 Å². The molecule has 0 amide bonds. The van der Waals surface area contributed by atoms with E-state index in [0.717, 1.165) is 5.56 Å². The van der Waals surface area contributed by atoms with Crippen molar-refractivity contribution in [3.05, 3.63) is 34.6 Å². The molecule has 118 valence electrons. The van der Waals surface area contributed by atoms with Crippen molar-refractivity contribution < 1.29 is 19.0 Å². The fourth-order valence-electron chi connectivity index (χ4n) is 2.42. The van der Waals surface area contributed by atoms with Gasteiger partial charge in [-0.3, -0.25) is 4.90 Å². The Kier molecular flexibility index (Phi) is 5.96. The molecule has 0 saturated carbocycles. The van der Waals surface area contributed by atoms with Crippen LogP contribution >= 0.6 is 11.6 Å². The van der Waals surface area contributed by atoms with Crippen LogP contribution in [0.4, 0.5) is 4.39 Å². The summed E-state index contributed by atoms with van der Waals surface area (Å²) in [5, 5.41) is 9.97. The molecule has 0 aliphatic carbocycles. The number of benzene rings is 1. The van der Waals surface area contributed by atoms with Crippen molar-refractivity contribution in [3.63, 3.8) is 0 Å². The Bertz CT molecular complexity index is 463. The third kappa shape index (κ3) is 4.37. The Morgan fingerprint density at radius 2 is 2.24 bits per heavy atom. The van der Waals surface area contributed by atoms with Crippen LogP contribution < -0.4 is 0 Å². The normalized spacial score (nSPS) is 17.0. The average molecular weight is 318 g/mol. The lowest BCUT2D eigenvalue weighted by molar-refractivity contribution is -0.149. The van der Waals surface area contributed by atoms with Crippen LogP contribution in [0.2, 0.25) is 5.02 Å². The van der Waals surface area contributed by atoms with Crippen molar-refractivity contribution >= 4 is 11.6 Å². The highest BCUT2D eigenvalue weighted by atomic mass is 35.5. The first-order valence-electron chi connectivity index (χ1n) is 6.92. The minimum absolute atomic E-state index is 0.0909. The van der Waals surface area contributed by atoms with E-state index in [-0.39, 0.29) is 17.8 Å². The van der Waals surface area contributed by atoms with E-state index in [1.807, 2.05) is 0 Å². The zero-order valence-corrected chi connectivity index (χ0v) is 12.9. The second-order valence-corrected chi connectivity index (χ2v) is 6.00. The van der Waals surface area contributed by atoms with Gasteiger partial charge >= 0.3 is 0 Å².